The molecular weight excluding hydrogens is 320 g/mol. The van der Waals surface area contributed by atoms with Gasteiger partial charge in [0.05, 0.1) is 36.7 Å². The number of anilines is 1. The summed E-state index contributed by atoms with van der Waals surface area (Å²) >= 11 is 0. The Balaban J connectivity index is 1.59. The summed E-state index contributed by atoms with van der Waals surface area (Å²) in [5, 5.41) is 7.30. The van der Waals surface area contributed by atoms with Gasteiger partial charge in [0.15, 0.2) is 0 Å². The lowest BCUT2D eigenvalue weighted by atomic mass is 10.2. The van der Waals surface area contributed by atoms with Gasteiger partial charge in [0.25, 0.3) is 5.91 Å². The fraction of sp³-hybridized carbons (Fsp3) is 0.529. The highest BCUT2D eigenvalue weighted by Crippen LogP contribution is 2.13. The Morgan fingerprint density at radius 1 is 1.28 bits per heavy atom. The number of carbonyl (C=O) groups is 1. The Morgan fingerprint density at radius 2 is 2.04 bits per heavy atom. The highest BCUT2D eigenvalue weighted by Gasteiger charge is 2.17. The average Bonchev–Trinajstić information content (AvgIpc) is 2.93. The van der Waals surface area contributed by atoms with Crippen molar-refractivity contribution in [3.05, 3.63) is 34.9 Å². The Hall–Kier alpha value is -2.48. The van der Waals surface area contributed by atoms with Gasteiger partial charge in [0.1, 0.15) is 0 Å². The maximum atomic E-state index is 12.4. The Labute approximate surface area is 147 Å². The molecule has 8 heteroatoms. The molecule has 134 valence electrons. The third-order valence-electron chi connectivity index (χ3n) is 4.22. The van der Waals surface area contributed by atoms with Crippen molar-refractivity contribution in [1.82, 2.24) is 25.1 Å². The first-order valence-corrected chi connectivity index (χ1v) is 8.50. The normalized spacial score (nSPS) is 14.6. The zero-order chi connectivity index (χ0) is 17.8. The van der Waals surface area contributed by atoms with Gasteiger partial charge in [-0.25, -0.2) is 9.97 Å². The molecule has 0 atom stereocenters. The number of nitrogens with zero attached hydrogens (tertiary/aromatic N) is 5. The van der Waals surface area contributed by atoms with E-state index in [9.17, 15) is 4.79 Å². The van der Waals surface area contributed by atoms with E-state index in [1.807, 2.05) is 31.5 Å². The van der Waals surface area contributed by atoms with Gasteiger partial charge in [0, 0.05) is 31.5 Å². The van der Waals surface area contributed by atoms with E-state index < -0.39 is 0 Å². The van der Waals surface area contributed by atoms with Crippen LogP contribution in [-0.2, 0) is 11.3 Å². The maximum Gasteiger partial charge on any atom is 0.254 e. The van der Waals surface area contributed by atoms with Gasteiger partial charge in [-0.15, -0.1) is 0 Å². The molecule has 0 saturated carbocycles. The predicted octanol–water partition coefficient (Wildman–Crippen LogP) is 0.865. The maximum absolute atomic E-state index is 12.4. The number of hydrogen-bond acceptors (Lipinski definition) is 6. The summed E-state index contributed by atoms with van der Waals surface area (Å²) in [6, 6.07) is 2.02. The Bertz CT molecular complexity index is 752. The van der Waals surface area contributed by atoms with Gasteiger partial charge >= 0.3 is 0 Å². The molecule has 3 heterocycles. The molecule has 0 aliphatic carbocycles. The number of carbonyl (C=O) groups excluding carboxylic acids is 1. The second-order valence-electron chi connectivity index (χ2n) is 6.17. The molecule has 0 aromatic carbocycles. The molecule has 0 radical (unpaired) electrons. The van der Waals surface area contributed by atoms with Crippen molar-refractivity contribution in [2.45, 2.75) is 27.3 Å². The van der Waals surface area contributed by atoms with E-state index in [4.69, 9.17) is 4.74 Å². The summed E-state index contributed by atoms with van der Waals surface area (Å²) in [6.07, 6.45) is 1.60. The van der Waals surface area contributed by atoms with Crippen LogP contribution in [0.5, 0.6) is 0 Å². The van der Waals surface area contributed by atoms with Crippen LogP contribution in [0.25, 0.3) is 0 Å². The fourth-order valence-corrected chi connectivity index (χ4v) is 2.87. The van der Waals surface area contributed by atoms with Crippen LogP contribution in [-0.4, -0.2) is 58.5 Å². The molecule has 2 aromatic heterocycles. The first-order chi connectivity index (χ1) is 12.0. The number of amides is 1. The SMILES string of the molecule is Cc1cc(C)n(CCNC(=O)c2cnc(N3CCOCC3)nc2C)n1. The molecule has 0 unspecified atom stereocenters. The van der Waals surface area contributed by atoms with E-state index >= 15 is 0 Å². The fourth-order valence-electron chi connectivity index (χ4n) is 2.87. The topological polar surface area (TPSA) is 85.2 Å². The summed E-state index contributed by atoms with van der Waals surface area (Å²) in [5.74, 6) is 0.493. The molecule has 8 nitrogen and oxygen atoms in total. The smallest absolute Gasteiger partial charge is 0.254 e. The van der Waals surface area contributed by atoms with Gasteiger partial charge in [-0.05, 0) is 26.8 Å². The van der Waals surface area contributed by atoms with E-state index in [-0.39, 0.29) is 5.91 Å². The standard InChI is InChI=1S/C17H24N6O2/c1-12-10-13(2)23(21-12)5-4-18-16(24)15-11-19-17(20-14(15)3)22-6-8-25-9-7-22/h10-11H,4-9H2,1-3H3,(H,18,24). The molecule has 25 heavy (non-hydrogen) atoms. The number of aryl methyl sites for hydroxylation is 3. The minimum Gasteiger partial charge on any atom is -0.378 e. The van der Waals surface area contributed by atoms with E-state index in [1.54, 1.807) is 6.20 Å². The van der Waals surface area contributed by atoms with Gasteiger partial charge in [0.2, 0.25) is 5.95 Å². The second-order valence-corrected chi connectivity index (χ2v) is 6.17. The number of aromatic nitrogens is 4. The summed E-state index contributed by atoms with van der Waals surface area (Å²) in [6.45, 7) is 9.84. The first kappa shape index (κ1) is 17.3. The van der Waals surface area contributed by atoms with Crippen molar-refractivity contribution in [2.24, 2.45) is 0 Å². The zero-order valence-electron chi connectivity index (χ0n) is 14.9. The highest BCUT2D eigenvalue weighted by molar-refractivity contribution is 5.94. The van der Waals surface area contributed by atoms with Crippen LogP contribution in [0.4, 0.5) is 5.95 Å². The molecule has 1 amide bonds. The molecule has 1 aliphatic rings. The predicted molar refractivity (Wildman–Crippen MR) is 93.8 cm³/mol. The third-order valence-corrected chi connectivity index (χ3v) is 4.22. The van der Waals surface area contributed by atoms with Crippen molar-refractivity contribution >= 4 is 11.9 Å². The molecule has 3 rings (SSSR count). The van der Waals surface area contributed by atoms with E-state index in [1.165, 1.54) is 0 Å². The number of rotatable bonds is 5. The van der Waals surface area contributed by atoms with E-state index in [2.05, 4.69) is 25.3 Å². The van der Waals surface area contributed by atoms with Crippen LogP contribution < -0.4 is 10.2 Å². The molecule has 1 fully saturated rings. The molecule has 0 bridgehead atoms. The third kappa shape index (κ3) is 4.14. The molecular formula is C17H24N6O2. The van der Waals surface area contributed by atoms with E-state index in [0.717, 1.165) is 24.5 Å². The van der Waals surface area contributed by atoms with Crippen molar-refractivity contribution < 1.29 is 9.53 Å². The van der Waals surface area contributed by atoms with Crippen LogP contribution >= 0.6 is 0 Å². The highest BCUT2D eigenvalue weighted by atomic mass is 16.5. The molecule has 0 spiro atoms. The summed E-state index contributed by atoms with van der Waals surface area (Å²) in [5.41, 5.74) is 3.25. The molecule has 2 aromatic rings. The van der Waals surface area contributed by atoms with Crippen LogP contribution in [0.1, 0.15) is 27.4 Å². The lowest BCUT2D eigenvalue weighted by molar-refractivity contribution is 0.0950. The minimum absolute atomic E-state index is 0.160. The Morgan fingerprint density at radius 3 is 2.68 bits per heavy atom. The lowest BCUT2D eigenvalue weighted by Crippen LogP contribution is -2.37. The van der Waals surface area contributed by atoms with E-state index in [0.29, 0.717) is 43.5 Å². The first-order valence-electron chi connectivity index (χ1n) is 8.50. The van der Waals surface area contributed by atoms with Crippen LogP contribution in [0.3, 0.4) is 0 Å². The molecule has 1 aliphatic heterocycles. The van der Waals surface area contributed by atoms with Crippen LogP contribution in [0.2, 0.25) is 0 Å². The van der Waals surface area contributed by atoms with Crippen molar-refractivity contribution in [1.29, 1.82) is 0 Å². The summed E-state index contributed by atoms with van der Waals surface area (Å²) in [4.78, 5) is 23.3. The number of ether oxygens (including phenoxy) is 1. The van der Waals surface area contributed by atoms with Gasteiger partial charge in [-0.3, -0.25) is 9.48 Å². The van der Waals surface area contributed by atoms with Crippen molar-refractivity contribution in [3.8, 4) is 0 Å². The van der Waals surface area contributed by atoms with Gasteiger partial charge in [-0.2, -0.15) is 5.10 Å². The van der Waals surface area contributed by atoms with Gasteiger partial charge in [-0.1, -0.05) is 0 Å². The van der Waals surface area contributed by atoms with Gasteiger partial charge < -0.3 is 15.0 Å². The number of hydrogen-bond donors (Lipinski definition) is 1. The molecule has 1 N–H and O–H groups in total. The average molecular weight is 344 g/mol. The molecule has 1 saturated heterocycles. The quantitative estimate of drug-likeness (QED) is 0.866. The number of morpholine rings is 1. The van der Waals surface area contributed by atoms with Crippen LogP contribution in [0.15, 0.2) is 12.3 Å². The minimum atomic E-state index is -0.160. The monoisotopic (exact) mass is 344 g/mol. The summed E-state index contributed by atoms with van der Waals surface area (Å²) < 4.78 is 7.22. The summed E-state index contributed by atoms with van der Waals surface area (Å²) in [7, 11) is 0. The zero-order valence-corrected chi connectivity index (χ0v) is 14.9. The number of nitrogens with one attached hydrogen (secondary N) is 1. The van der Waals surface area contributed by atoms with Crippen molar-refractivity contribution in [2.75, 3.05) is 37.7 Å². The largest absolute Gasteiger partial charge is 0.378 e. The van der Waals surface area contributed by atoms with Crippen molar-refractivity contribution in [3.63, 3.8) is 0 Å². The lowest BCUT2D eigenvalue weighted by Gasteiger charge is -2.27. The Kier molecular flexibility index (Phi) is 5.28. The second kappa shape index (κ2) is 7.60. The van der Waals surface area contributed by atoms with Crippen LogP contribution in [0, 0.1) is 20.8 Å².